The Balaban J connectivity index is 0.000000228. The fourth-order valence-electron chi connectivity index (χ4n) is 1.96. The molecule has 3 aromatic carbocycles. The molecule has 0 saturated heterocycles. The van der Waals surface area contributed by atoms with E-state index in [-0.39, 0.29) is 5.75 Å². The third kappa shape index (κ3) is 5.77. The van der Waals surface area contributed by atoms with Crippen LogP contribution in [0.5, 0.6) is 28.7 Å². The number of hydrogen-bond acceptors (Lipinski definition) is 5. The zero-order valence-corrected chi connectivity index (χ0v) is 14.5. The molecular formula is C21H19NO4. The summed E-state index contributed by atoms with van der Waals surface area (Å²) in [6.07, 6.45) is 0. The van der Waals surface area contributed by atoms with Crippen molar-refractivity contribution in [2.75, 3.05) is 14.2 Å². The molecular weight excluding hydrogens is 330 g/mol. The number of nitriles is 1. The summed E-state index contributed by atoms with van der Waals surface area (Å²) < 4.78 is 15.5. The number of hydrogen-bond donors (Lipinski definition) is 1. The third-order valence-corrected chi connectivity index (χ3v) is 3.35. The lowest BCUT2D eigenvalue weighted by atomic mass is 10.2. The second-order valence-corrected chi connectivity index (χ2v) is 5.11. The van der Waals surface area contributed by atoms with Crippen molar-refractivity contribution in [3.63, 3.8) is 0 Å². The van der Waals surface area contributed by atoms with Crippen molar-refractivity contribution in [2.45, 2.75) is 0 Å². The van der Waals surface area contributed by atoms with Crippen molar-refractivity contribution < 1.29 is 19.3 Å². The lowest BCUT2D eigenvalue weighted by Crippen LogP contribution is -1.85. The second kappa shape index (κ2) is 9.60. The Kier molecular flexibility index (Phi) is 6.90. The quantitative estimate of drug-likeness (QED) is 0.735. The number of nitrogens with zero attached hydrogens (tertiary/aromatic N) is 1. The monoisotopic (exact) mass is 349 g/mol. The standard InChI is InChI=1S/C14H11NO2.C7H8O2/c1-16-12-6-8-14(9-7-12)17-13-4-2-11(10-15)3-5-13;1-9-7-4-2-6(8)3-5-7/h2-9H,1H3;2-5,8H,1H3. The Morgan fingerprint density at radius 1 is 0.654 bits per heavy atom. The summed E-state index contributed by atoms with van der Waals surface area (Å²) in [5.74, 6) is 3.24. The summed E-state index contributed by atoms with van der Waals surface area (Å²) in [7, 11) is 3.21. The zero-order chi connectivity index (χ0) is 18.8. The maximum Gasteiger partial charge on any atom is 0.127 e. The fraction of sp³-hybridized carbons (Fsp3) is 0.0952. The summed E-state index contributed by atoms with van der Waals surface area (Å²) in [6.45, 7) is 0. The summed E-state index contributed by atoms with van der Waals surface area (Å²) in [4.78, 5) is 0. The van der Waals surface area contributed by atoms with Gasteiger partial charge in [-0.15, -0.1) is 0 Å². The number of aromatic hydroxyl groups is 1. The molecule has 0 bridgehead atoms. The molecule has 0 aliphatic heterocycles. The number of methoxy groups -OCH3 is 2. The molecule has 0 unspecified atom stereocenters. The lowest BCUT2D eigenvalue weighted by Gasteiger charge is -2.06. The van der Waals surface area contributed by atoms with Gasteiger partial charge in [-0.25, -0.2) is 0 Å². The van der Waals surface area contributed by atoms with Crippen molar-refractivity contribution in [3.8, 4) is 34.8 Å². The third-order valence-electron chi connectivity index (χ3n) is 3.35. The molecule has 1 N–H and O–H groups in total. The molecule has 0 fully saturated rings. The lowest BCUT2D eigenvalue weighted by molar-refractivity contribution is 0.412. The van der Waals surface area contributed by atoms with Gasteiger partial charge in [0.25, 0.3) is 0 Å². The van der Waals surface area contributed by atoms with Gasteiger partial charge in [-0.1, -0.05) is 0 Å². The summed E-state index contributed by atoms with van der Waals surface area (Å²) in [6, 6.07) is 22.9. The van der Waals surface area contributed by atoms with E-state index in [0.717, 1.165) is 17.2 Å². The zero-order valence-electron chi connectivity index (χ0n) is 14.5. The van der Waals surface area contributed by atoms with Crippen LogP contribution >= 0.6 is 0 Å². The van der Waals surface area contributed by atoms with Gasteiger partial charge in [0, 0.05) is 0 Å². The van der Waals surface area contributed by atoms with Crippen LogP contribution < -0.4 is 14.2 Å². The first-order valence-electron chi connectivity index (χ1n) is 7.79. The molecule has 0 radical (unpaired) electrons. The van der Waals surface area contributed by atoms with Gasteiger partial charge in [-0.2, -0.15) is 5.26 Å². The van der Waals surface area contributed by atoms with Crippen molar-refractivity contribution in [1.29, 1.82) is 5.26 Å². The van der Waals surface area contributed by atoms with Crippen LogP contribution in [0.2, 0.25) is 0 Å². The molecule has 0 aromatic heterocycles. The maximum atomic E-state index is 8.80. The van der Waals surface area contributed by atoms with Crippen LogP contribution in [-0.2, 0) is 0 Å². The minimum Gasteiger partial charge on any atom is -0.508 e. The highest BCUT2D eigenvalue weighted by Crippen LogP contribution is 2.23. The van der Waals surface area contributed by atoms with Gasteiger partial charge < -0.3 is 19.3 Å². The van der Waals surface area contributed by atoms with E-state index in [1.807, 2.05) is 24.3 Å². The van der Waals surface area contributed by atoms with Gasteiger partial charge in [-0.05, 0) is 72.8 Å². The first-order chi connectivity index (χ1) is 12.6. The molecule has 26 heavy (non-hydrogen) atoms. The van der Waals surface area contributed by atoms with E-state index in [1.165, 1.54) is 0 Å². The Labute approximate surface area is 152 Å². The van der Waals surface area contributed by atoms with E-state index < -0.39 is 0 Å². The second-order valence-electron chi connectivity index (χ2n) is 5.11. The van der Waals surface area contributed by atoms with Crippen LogP contribution in [0, 0.1) is 11.3 Å². The Bertz CT molecular complexity index is 835. The highest BCUT2D eigenvalue weighted by molar-refractivity contribution is 5.38. The molecule has 3 aromatic rings. The fourth-order valence-corrected chi connectivity index (χ4v) is 1.96. The van der Waals surface area contributed by atoms with E-state index in [0.29, 0.717) is 11.3 Å². The Morgan fingerprint density at radius 3 is 1.46 bits per heavy atom. The van der Waals surface area contributed by atoms with Crippen LogP contribution in [0.1, 0.15) is 5.56 Å². The van der Waals surface area contributed by atoms with Crippen LogP contribution in [0.4, 0.5) is 0 Å². The van der Waals surface area contributed by atoms with Gasteiger partial charge in [0.05, 0.1) is 25.9 Å². The highest BCUT2D eigenvalue weighted by atomic mass is 16.5. The van der Waals surface area contributed by atoms with E-state index >= 15 is 0 Å². The first-order valence-corrected chi connectivity index (χ1v) is 7.79. The molecule has 0 aliphatic rings. The minimum atomic E-state index is 0.260. The van der Waals surface area contributed by atoms with E-state index in [2.05, 4.69) is 6.07 Å². The van der Waals surface area contributed by atoms with E-state index in [1.54, 1.807) is 62.8 Å². The minimum absolute atomic E-state index is 0.260. The van der Waals surface area contributed by atoms with E-state index in [9.17, 15) is 0 Å². The average Bonchev–Trinajstić information content (AvgIpc) is 2.70. The predicted octanol–water partition coefficient (Wildman–Crippen LogP) is 4.76. The summed E-state index contributed by atoms with van der Waals surface area (Å²) in [5, 5.41) is 17.5. The predicted molar refractivity (Wildman–Crippen MR) is 98.9 cm³/mol. The summed E-state index contributed by atoms with van der Waals surface area (Å²) >= 11 is 0. The van der Waals surface area contributed by atoms with Gasteiger partial charge in [0.2, 0.25) is 0 Å². The van der Waals surface area contributed by atoms with E-state index in [4.69, 9.17) is 24.6 Å². The van der Waals surface area contributed by atoms with Crippen molar-refractivity contribution in [1.82, 2.24) is 0 Å². The van der Waals surface area contributed by atoms with Crippen LogP contribution in [-0.4, -0.2) is 19.3 Å². The first kappa shape index (κ1) is 18.7. The van der Waals surface area contributed by atoms with Crippen molar-refractivity contribution >= 4 is 0 Å². The molecule has 5 nitrogen and oxygen atoms in total. The van der Waals surface area contributed by atoms with Gasteiger partial charge >= 0.3 is 0 Å². The molecule has 5 heteroatoms. The molecule has 0 aliphatic carbocycles. The van der Waals surface area contributed by atoms with Crippen LogP contribution in [0.25, 0.3) is 0 Å². The number of phenolic OH excluding ortho intramolecular Hbond substituents is 1. The Morgan fingerprint density at radius 2 is 1.04 bits per heavy atom. The smallest absolute Gasteiger partial charge is 0.127 e. The van der Waals surface area contributed by atoms with Crippen LogP contribution in [0.15, 0.2) is 72.8 Å². The highest BCUT2D eigenvalue weighted by Gasteiger charge is 1.98. The molecule has 0 amide bonds. The van der Waals surface area contributed by atoms with Gasteiger partial charge in [-0.3, -0.25) is 0 Å². The largest absolute Gasteiger partial charge is 0.508 e. The molecule has 3 rings (SSSR count). The maximum absolute atomic E-state index is 8.80. The normalized spacial score (nSPS) is 9.27. The molecule has 0 spiro atoms. The molecule has 132 valence electrons. The number of phenols is 1. The summed E-state index contributed by atoms with van der Waals surface area (Å²) in [5.41, 5.74) is 0.618. The number of ether oxygens (including phenoxy) is 3. The molecule has 0 saturated carbocycles. The number of rotatable bonds is 4. The van der Waals surface area contributed by atoms with Gasteiger partial charge in [0.1, 0.15) is 28.7 Å². The van der Waals surface area contributed by atoms with Gasteiger partial charge in [0.15, 0.2) is 0 Å². The van der Waals surface area contributed by atoms with Crippen molar-refractivity contribution in [3.05, 3.63) is 78.4 Å². The number of benzene rings is 3. The molecule has 0 atom stereocenters. The topological polar surface area (TPSA) is 71.7 Å². The molecule has 0 heterocycles. The average molecular weight is 349 g/mol. The van der Waals surface area contributed by atoms with Crippen LogP contribution in [0.3, 0.4) is 0 Å². The van der Waals surface area contributed by atoms with Crippen molar-refractivity contribution in [2.24, 2.45) is 0 Å². The SMILES string of the molecule is COc1ccc(O)cc1.COc1ccc(Oc2ccc(C#N)cc2)cc1. The Hall–Kier alpha value is -3.65.